The van der Waals surface area contributed by atoms with Gasteiger partial charge in [-0.1, -0.05) is 17.7 Å². The van der Waals surface area contributed by atoms with E-state index in [1.807, 2.05) is 24.3 Å². The largest absolute Gasteiger partial charge is 0.325 e. The molecule has 2 aromatic carbocycles. The summed E-state index contributed by atoms with van der Waals surface area (Å²) in [5.74, 6) is 1.62. The summed E-state index contributed by atoms with van der Waals surface area (Å²) in [5.41, 5.74) is 5.46. The Balaban J connectivity index is 1.75. The van der Waals surface area contributed by atoms with E-state index in [0.29, 0.717) is 5.82 Å². The Bertz CT molecular complexity index is 1160. The molecule has 0 bridgehead atoms. The van der Waals surface area contributed by atoms with Gasteiger partial charge in [0, 0.05) is 40.6 Å². The van der Waals surface area contributed by atoms with E-state index in [0.717, 1.165) is 46.0 Å². The third-order valence-electron chi connectivity index (χ3n) is 4.94. The number of pyridine rings is 1. The quantitative estimate of drug-likeness (QED) is 0.475. The van der Waals surface area contributed by atoms with Gasteiger partial charge >= 0.3 is 0 Å². The minimum Gasteiger partial charge on any atom is -0.325 e. The summed E-state index contributed by atoms with van der Waals surface area (Å²) >= 11 is 6.18. The Morgan fingerprint density at radius 2 is 1.96 bits per heavy atom. The maximum absolute atomic E-state index is 6.18. The minimum atomic E-state index is 0.693. The predicted octanol–water partition coefficient (Wildman–Crippen LogP) is 5.35. The molecular weight excluding hydrogens is 356 g/mol. The number of hydrogen-bond acceptors (Lipinski definition) is 4. The molecule has 27 heavy (non-hydrogen) atoms. The number of benzene rings is 2. The summed E-state index contributed by atoms with van der Waals surface area (Å²) in [6, 6.07) is 16.3. The highest BCUT2D eigenvalue weighted by molar-refractivity contribution is 6.30. The van der Waals surface area contributed by atoms with Crippen molar-refractivity contribution >= 4 is 34.0 Å². The number of hydrogen-bond donors (Lipinski definition) is 0. The van der Waals surface area contributed by atoms with Crippen LogP contribution in [0.5, 0.6) is 0 Å². The monoisotopic (exact) mass is 372 g/mol. The summed E-state index contributed by atoms with van der Waals surface area (Å²) in [4.78, 5) is 16.2. The average Bonchev–Trinajstić information content (AvgIpc) is 3.10. The second kappa shape index (κ2) is 6.32. The number of aryl methyl sites for hydroxylation is 1. The number of rotatable bonds is 2. The predicted molar refractivity (Wildman–Crippen MR) is 110 cm³/mol. The van der Waals surface area contributed by atoms with Crippen molar-refractivity contribution in [1.82, 2.24) is 15.0 Å². The van der Waals surface area contributed by atoms with E-state index in [9.17, 15) is 0 Å². The minimum absolute atomic E-state index is 0.693. The first-order valence-electron chi connectivity index (χ1n) is 8.94. The highest BCUT2D eigenvalue weighted by Crippen LogP contribution is 2.38. The van der Waals surface area contributed by atoms with E-state index in [1.165, 1.54) is 11.1 Å². The van der Waals surface area contributed by atoms with Crippen molar-refractivity contribution < 1.29 is 0 Å². The van der Waals surface area contributed by atoms with Gasteiger partial charge in [0.05, 0.1) is 5.52 Å². The van der Waals surface area contributed by atoms with Crippen LogP contribution in [0, 0.1) is 6.92 Å². The van der Waals surface area contributed by atoms with Crippen LogP contribution in [0.3, 0.4) is 0 Å². The molecule has 0 unspecified atom stereocenters. The number of anilines is 2. The molecule has 0 saturated carbocycles. The zero-order chi connectivity index (χ0) is 18.4. The van der Waals surface area contributed by atoms with Gasteiger partial charge in [0.15, 0.2) is 5.82 Å². The summed E-state index contributed by atoms with van der Waals surface area (Å²) < 4.78 is 0. The first kappa shape index (κ1) is 16.2. The molecular formula is C22H17ClN4. The zero-order valence-corrected chi connectivity index (χ0v) is 15.6. The smallest absolute Gasteiger partial charge is 0.163 e. The van der Waals surface area contributed by atoms with Gasteiger partial charge in [-0.25, -0.2) is 9.97 Å². The highest BCUT2D eigenvalue weighted by atomic mass is 35.5. The molecule has 0 saturated heterocycles. The van der Waals surface area contributed by atoms with Gasteiger partial charge in [0.25, 0.3) is 0 Å². The lowest BCUT2D eigenvalue weighted by molar-refractivity contribution is 0.976. The summed E-state index contributed by atoms with van der Waals surface area (Å²) in [5, 5.41) is 1.82. The van der Waals surface area contributed by atoms with Gasteiger partial charge in [-0.05, 0) is 66.9 Å². The van der Waals surface area contributed by atoms with Crippen molar-refractivity contribution in [2.45, 2.75) is 13.3 Å². The first-order chi connectivity index (χ1) is 13.2. The highest BCUT2D eigenvalue weighted by Gasteiger charge is 2.24. The van der Waals surface area contributed by atoms with Crippen LogP contribution in [0.2, 0.25) is 5.02 Å². The summed E-state index contributed by atoms with van der Waals surface area (Å²) in [6.45, 7) is 2.96. The Hall–Kier alpha value is -2.98. The topological polar surface area (TPSA) is 41.9 Å². The fourth-order valence-electron chi connectivity index (χ4n) is 3.64. The molecule has 1 aliphatic heterocycles. The third kappa shape index (κ3) is 2.82. The molecule has 4 aromatic rings. The second-order valence-corrected chi connectivity index (χ2v) is 7.24. The van der Waals surface area contributed by atoms with Crippen molar-refractivity contribution in [2.24, 2.45) is 0 Å². The first-order valence-corrected chi connectivity index (χ1v) is 9.31. The molecule has 132 valence electrons. The molecule has 0 atom stereocenters. The summed E-state index contributed by atoms with van der Waals surface area (Å²) in [6.07, 6.45) is 4.52. The maximum atomic E-state index is 6.18. The van der Waals surface area contributed by atoms with Gasteiger partial charge in [-0.3, -0.25) is 4.98 Å². The van der Waals surface area contributed by atoms with Crippen LogP contribution in [0.4, 0.5) is 11.5 Å². The molecule has 0 amide bonds. The molecule has 5 heteroatoms. The molecule has 0 spiro atoms. The maximum Gasteiger partial charge on any atom is 0.163 e. The van der Waals surface area contributed by atoms with Crippen LogP contribution in [0.25, 0.3) is 22.3 Å². The summed E-state index contributed by atoms with van der Waals surface area (Å²) in [7, 11) is 0. The molecule has 5 rings (SSSR count). The van der Waals surface area contributed by atoms with Crippen LogP contribution >= 0.6 is 11.6 Å². The van der Waals surface area contributed by atoms with E-state index < -0.39 is 0 Å². The van der Waals surface area contributed by atoms with E-state index in [2.05, 4.69) is 41.1 Å². The molecule has 3 heterocycles. The molecule has 4 nitrogen and oxygen atoms in total. The van der Waals surface area contributed by atoms with Crippen LogP contribution in [0.1, 0.15) is 11.1 Å². The van der Waals surface area contributed by atoms with Crippen molar-refractivity contribution in [3.05, 3.63) is 77.1 Å². The van der Waals surface area contributed by atoms with E-state index in [4.69, 9.17) is 21.6 Å². The molecule has 0 fully saturated rings. The Labute approximate surface area is 162 Å². The lowest BCUT2D eigenvalue weighted by atomic mass is 10.1. The number of halogens is 1. The fraction of sp³-hybridized carbons (Fsp3) is 0.136. The molecule has 0 radical (unpaired) electrons. The molecule has 0 aliphatic carbocycles. The van der Waals surface area contributed by atoms with E-state index in [1.54, 1.807) is 12.4 Å². The van der Waals surface area contributed by atoms with Crippen LogP contribution < -0.4 is 4.90 Å². The van der Waals surface area contributed by atoms with Crippen molar-refractivity contribution in [3.63, 3.8) is 0 Å². The Morgan fingerprint density at radius 3 is 2.81 bits per heavy atom. The zero-order valence-electron chi connectivity index (χ0n) is 14.9. The second-order valence-electron chi connectivity index (χ2n) is 6.81. The molecule has 1 aliphatic rings. The van der Waals surface area contributed by atoms with Gasteiger partial charge in [-0.15, -0.1) is 0 Å². The lowest BCUT2D eigenvalue weighted by Gasteiger charge is -2.21. The van der Waals surface area contributed by atoms with E-state index >= 15 is 0 Å². The third-order valence-corrected chi connectivity index (χ3v) is 5.18. The van der Waals surface area contributed by atoms with Gasteiger partial charge in [0.2, 0.25) is 0 Å². The average molecular weight is 373 g/mol. The lowest BCUT2D eigenvalue weighted by Crippen LogP contribution is -2.16. The van der Waals surface area contributed by atoms with Crippen molar-refractivity contribution in [1.29, 1.82) is 0 Å². The Morgan fingerprint density at radius 1 is 1.04 bits per heavy atom. The van der Waals surface area contributed by atoms with Gasteiger partial charge < -0.3 is 4.90 Å². The normalized spacial score (nSPS) is 13.2. The number of fused-ring (bicyclic) bond motifs is 2. The fourth-order valence-corrected chi connectivity index (χ4v) is 3.84. The number of aromatic nitrogens is 3. The SMILES string of the molecule is Cc1ccc2c(N3CCc4cc(Cl)ccc43)nc(-c3cccnc3)nc2c1. The van der Waals surface area contributed by atoms with Crippen LogP contribution in [-0.2, 0) is 6.42 Å². The van der Waals surface area contributed by atoms with Gasteiger partial charge in [0.1, 0.15) is 5.82 Å². The van der Waals surface area contributed by atoms with Crippen molar-refractivity contribution in [2.75, 3.05) is 11.4 Å². The van der Waals surface area contributed by atoms with Crippen LogP contribution in [0.15, 0.2) is 60.9 Å². The van der Waals surface area contributed by atoms with Gasteiger partial charge in [-0.2, -0.15) is 0 Å². The van der Waals surface area contributed by atoms with Crippen LogP contribution in [-0.4, -0.2) is 21.5 Å². The standard InChI is InChI=1S/C22H17ClN4/c1-14-4-6-18-19(11-14)25-21(16-3-2-9-24-13-16)26-22(18)27-10-8-15-12-17(23)5-7-20(15)27/h2-7,9,11-13H,8,10H2,1H3. The number of nitrogens with zero attached hydrogens (tertiary/aromatic N) is 4. The Kier molecular flexibility index (Phi) is 3.80. The van der Waals surface area contributed by atoms with Crippen molar-refractivity contribution in [3.8, 4) is 11.4 Å². The van der Waals surface area contributed by atoms with E-state index in [-0.39, 0.29) is 0 Å². The molecule has 0 N–H and O–H groups in total. The molecule has 2 aromatic heterocycles.